The third-order valence-corrected chi connectivity index (χ3v) is 5.11. The number of esters is 1. The molecule has 0 spiro atoms. The van der Waals surface area contributed by atoms with Crippen LogP contribution in [0.5, 0.6) is 5.75 Å². The van der Waals surface area contributed by atoms with Crippen molar-refractivity contribution in [2.75, 3.05) is 12.0 Å². The minimum absolute atomic E-state index is 0.264. The Bertz CT molecular complexity index is 1040. The molecule has 172 valence electrons. The highest BCUT2D eigenvalue weighted by Crippen LogP contribution is 2.24. The highest BCUT2D eigenvalue weighted by atomic mass is 16.6. The molecule has 5 nitrogen and oxygen atoms in total. The number of benzene rings is 3. The third-order valence-electron chi connectivity index (χ3n) is 5.11. The van der Waals surface area contributed by atoms with E-state index in [4.69, 9.17) is 9.47 Å². The molecule has 0 fully saturated rings. The van der Waals surface area contributed by atoms with Crippen LogP contribution in [0.15, 0.2) is 84.9 Å². The largest absolute Gasteiger partial charge is 0.497 e. The van der Waals surface area contributed by atoms with E-state index >= 15 is 0 Å². The van der Waals surface area contributed by atoms with E-state index in [9.17, 15) is 9.59 Å². The average molecular weight is 446 g/mol. The average Bonchev–Trinajstić information content (AvgIpc) is 2.81. The normalized spacial score (nSPS) is 12.0. The van der Waals surface area contributed by atoms with Crippen molar-refractivity contribution < 1.29 is 19.1 Å². The molecule has 3 rings (SSSR count). The van der Waals surface area contributed by atoms with E-state index in [0.29, 0.717) is 6.54 Å². The van der Waals surface area contributed by atoms with Crippen molar-refractivity contribution in [3.63, 3.8) is 0 Å². The van der Waals surface area contributed by atoms with E-state index in [1.807, 2.05) is 84.9 Å². The molecule has 33 heavy (non-hydrogen) atoms. The summed E-state index contributed by atoms with van der Waals surface area (Å²) < 4.78 is 10.9. The van der Waals surface area contributed by atoms with Gasteiger partial charge in [0.15, 0.2) is 0 Å². The van der Waals surface area contributed by atoms with Gasteiger partial charge in [0.25, 0.3) is 0 Å². The highest BCUT2D eigenvalue weighted by Gasteiger charge is 2.35. The number of hydrogen-bond donors (Lipinski definition) is 0. The van der Waals surface area contributed by atoms with Gasteiger partial charge < -0.3 is 14.4 Å². The first-order valence-electron chi connectivity index (χ1n) is 11.0. The second-order valence-corrected chi connectivity index (χ2v) is 8.88. The Labute approximate surface area is 196 Å². The standard InChI is InChI=1S/C28H31NO4/c1-28(2,3)33-27(31)25(19-21-11-7-5-8-12-21)26(30)29(23-13-9-6-10-14-23)20-22-15-17-24(32-4)18-16-22/h5-18,25H,19-20H2,1-4H3. The van der Waals surface area contributed by atoms with Crippen LogP contribution in [0.25, 0.3) is 0 Å². The van der Waals surface area contributed by atoms with Crippen LogP contribution >= 0.6 is 0 Å². The van der Waals surface area contributed by atoms with E-state index in [2.05, 4.69) is 0 Å². The summed E-state index contributed by atoms with van der Waals surface area (Å²) in [4.78, 5) is 28.7. The SMILES string of the molecule is COc1ccc(CN(C(=O)C(Cc2ccccc2)C(=O)OC(C)(C)C)c2ccccc2)cc1. The summed E-state index contributed by atoms with van der Waals surface area (Å²) >= 11 is 0. The zero-order valence-corrected chi connectivity index (χ0v) is 19.7. The maximum atomic E-state index is 13.9. The third kappa shape index (κ3) is 6.94. The monoisotopic (exact) mass is 445 g/mol. The fourth-order valence-electron chi connectivity index (χ4n) is 3.50. The number of ether oxygens (including phenoxy) is 2. The minimum Gasteiger partial charge on any atom is -0.497 e. The summed E-state index contributed by atoms with van der Waals surface area (Å²) in [6.45, 7) is 5.74. The van der Waals surface area contributed by atoms with E-state index in [1.54, 1.807) is 32.8 Å². The van der Waals surface area contributed by atoms with Crippen molar-refractivity contribution in [3.8, 4) is 5.75 Å². The van der Waals surface area contributed by atoms with Gasteiger partial charge in [-0.3, -0.25) is 9.59 Å². The number of nitrogens with zero attached hydrogens (tertiary/aromatic N) is 1. The van der Waals surface area contributed by atoms with Gasteiger partial charge in [-0.1, -0.05) is 60.7 Å². The van der Waals surface area contributed by atoms with Crippen LogP contribution in [0.3, 0.4) is 0 Å². The molecule has 0 saturated heterocycles. The lowest BCUT2D eigenvalue weighted by atomic mass is 9.96. The molecule has 1 amide bonds. The van der Waals surface area contributed by atoms with Crippen LogP contribution in [-0.2, 0) is 27.3 Å². The van der Waals surface area contributed by atoms with Crippen LogP contribution in [0.4, 0.5) is 5.69 Å². The number of amides is 1. The molecule has 0 aromatic heterocycles. The Hall–Kier alpha value is -3.60. The van der Waals surface area contributed by atoms with Crippen LogP contribution in [0, 0.1) is 5.92 Å². The number of carbonyl (C=O) groups excluding carboxylic acids is 2. The van der Waals surface area contributed by atoms with Crippen molar-refractivity contribution in [2.45, 2.75) is 39.3 Å². The fourth-order valence-corrected chi connectivity index (χ4v) is 3.50. The molecule has 3 aromatic rings. The van der Waals surface area contributed by atoms with E-state index in [1.165, 1.54) is 0 Å². The number of carbonyl (C=O) groups is 2. The van der Waals surface area contributed by atoms with Gasteiger partial charge >= 0.3 is 5.97 Å². The van der Waals surface area contributed by atoms with Gasteiger partial charge in [0, 0.05) is 5.69 Å². The maximum Gasteiger partial charge on any atom is 0.319 e. The first-order valence-corrected chi connectivity index (χ1v) is 11.0. The van der Waals surface area contributed by atoms with Crippen LogP contribution < -0.4 is 9.64 Å². The summed E-state index contributed by atoms with van der Waals surface area (Å²) in [7, 11) is 1.61. The van der Waals surface area contributed by atoms with Crippen molar-refractivity contribution in [1.82, 2.24) is 0 Å². The van der Waals surface area contributed by atoms with Gasteiger partial charge in [-0.05, 0) is 62.6 Å². The van der Waals surface area contributed by atoms with Crippen LogP contribution in [0.2, 0.25) is 0 Å². The summed E-state index contributed by atoms with van der Waals surface area (Å²) in [5.41, 5.74) is 1.86. The summed E-state index contributed by atoms with van der Waals surface area (Å²) in [6.07, 6.45) is 0.264. The smallest absolute Gasteiger partial charge is 0.319 e. The van der Waals surface area contributed by atoms with Crippen molar-refractivity contribution in [1.29, 1.82) is 0 Å². The molecule has 0 N–H and O–H groups in total. The second-order valence-electron chi connectivity index (χ2n) is 8.88. The molecule has 0 aliphatic carbocycles. The lowest BCUT2D eigenvalue weighted by Gasteiger charge is -2.29. The van der Waals surface area contributed by atoms with Gasteiger partial charge in [-0.15, -0.1) is 0 Å². The van der Waals surface area contributed by atoms with Crippen molar-refractivity contribution in [3.05, 3.63) is 96.1 Å². The molecule has 1 unspecified atom stereocenters. The minimum atomic E-state index is -0.968. The molecule has 0 aliphatic rings. The maximum absolute atomic E-state index is 13.9. The predicted octanol–water partition coefficient (Wildman–Crippen LogP) is 5.43. The lowest BCUT2D eigenvalue weighted by Crippen LogP contribution is -2.42. The van der Waals surface area contributed by atoms with E-state index in [-0.39, 0.29) is 12.3 Å². The topological polar surface area (TPSA) is 55.8 Å². The fraction of sp³-hybridized carbons (Fsp3) is 0.286. The number of methoxy groups -OCH3 is 1. The lowest BCUT2D eigenvalue weighted by molar-refractivity contribution is -0.162. The van der Waals surface area contributed by atoms with Gasteiger partial charge in [0.05, 0.1) is 13.7 Å². The molecule has 0 bridgehead atoms. The quantitative estimate of drug-likeness (QED) is 0.343. The molecule has 0 heterocycles. The Kier molecular flexibility index (Phi) is 7.88. The number of rotatable bonds is 8. The van der Waals surface area contributed by atoms with E-state index < -0.39 is 17.5 Å². The predicted molar refractivity (Wildman–Crippen MR) is 130 cm³/mol. The molecule has 0 aliphatic heterocycles. The number of para-hydroxylation sites is 1. The van der Waals surface area contributed by atoms with E-state index in [0.717, 1.165) is 22.6 Å². The highest BCUT2D eigenvalue weighted by molar-refractivity contribution is 6.06. The zero-order chi connectivity index (χ0) is 23.8. The molecule has 1 atom stereocenters. The molecule has 3 aromatic carbocycles. The van der Waals surface area contributed by atoms with Gasteiger partial charge in [-0.25, -0.2) is 0 Å². The van der Waals surface area contributed by atoms with Gasteiger partial charge in [-0.2, -0.15) is 0 Å². The zero-order valence-electron chi connectivity index (χ0n) is 19.7. The van der Waals surface area contributed by atoms with Gasteiger partial charge in [0.1, 0.15) is 17.3 Å². The Morgan fingerprint density at radius 3 is 1.94 bits per heavy atom. The second kappa shape index (κ2) is 10.8. The molecule has 0 saturated carbocycles. The number of hydrogen-bond acceptors (Lipinski definition) is 4. The number of anilines is 1. The summed E-state index contributed by atoms with van der Waals surface area (Å²) in [5, 5.41) is 0. The molecule has 5 heteroatoms. The van der Waals surface area contributed by atoms with Crippen LogP contribution in [-0.4, -0.2) is 24.6 Å². The summed E-state index contributed by atoms with van der Waals surface area (Å²) in [5.74, 6) is -1.04. The first kappa shape index (κ1) is 24.1. The summed E-state index contributed by atoms with van der Waals surface area (Å²) in [6, 6.07) is 26.5. The van der Waals surface area contributed by atoms with Crippen LogP contribution in [0.1, 0.15) is 31.9 Å². The molecular formula is C28H31NO4. The molecule has 0 radical (unpaired) electrons. The first-order chi connectivity index (χ1) is 15.8. The van der Waals surface area contributed by atoms with Crippen molar-refractivity contribution >= 4 is 17.6 Å². The molecular weight excluding hydrogens is 414 g/mol. The van der Waals surface area contributed by atoms with Gasteiger partial charge in [0.2, 0.25) is 5.91 Å². The van der Waals surface area contributed by atoms with Crippen molar-refractivity contribution in [2.24, 2.45) is 5.92 Å². The Morgan fingerprint density at radius 2 is 1.39 bits per heavy atom. The Morgan fingerprint density at radius 1 is 0.818 bits per heavy atom. The Balaban J connectivity index is 1.96.